The smallest absolute Gasteiger partial charge is 0.0184 e. The van der Waals surface area contributed by atoms with Crippen molar-refractivity contribution < 1.29 is 0 Å². The largest absolute Gasteiger partial charge is 0.0683 e. The van der Waals surface area contributed by atoms with Crippen molar-refractivity contribution in [3.63, 3.8) is 0 Å². The zero-order chi connectivity index (χ0) is 6.81. The quantitative estimate of drug-likeness (QED) is 0.531. The van der Waals surface area contributed by atoms with E-state index in [4.69, 9.17) is 0 Å². The lowest BCUT2D eigenvalue weighted by Gasteiger charge is -1.92. The van der Waals surface area contributed by atoms with Crippen LogP contribution in [-0.2, 0) is 0 Å². The predicted octanol–water partition coefficient (Wildman–Crippen LogP) is 3.29. The summed E-state index contributed by atoms with van der Waals surface area (Å²) in [6, 6.07) is 16.7. The number of rotatable bonds is 0. The van der Waals surface area contributed by atoms with E-state index >= 15 is 0 Å². The molecule has 0 aliphatic rings. The van der Waals surface area contributed by atoms with Crippen molar-refractivity contribution in [3.8, 4) is 0 Å². The van der Waals surface area contributed by atoms with E-state index in [0.717, 1.165) is 0 Å². The van der Waals surface area contributed by atoms with Crippen molar-refractivity contribution in [1.29, 1.82) is 0 Å². The van der Waals surface area contributed by atoms with Gasteiger partial charge >= 0.3 is 0 Å². The lowest BCUT2D eigenvalue weighted by atomic mass is 10.1. The van der Waals surface area contributed by atoms with Crippen LogP contribution < -0.4 is 0 Å². The molecule has 1 radical (unpaired) electrons. The first kappa shape index (κ1) is 7.80. The second kappa shape index (κ2) is 3.20. The van der Waals surface area contributed by atoms with Crippen molar-refractivity contribution in [2.45, 2.75) is 0 Å². The number of hydrogen-bond donors (Lipinski definition) is 0. The van der Waals surface area contributed by atoms with E-state index in [0.29, 0.717) is 0 Å². The fourth-order valence-electron chi connectivity index (χ4n) is 1.13. The Kier molecular flexibility index (Phi) is 2.27. The van der Waals surface area contributed by atoms with Crippen LogP contribution in [0.15, 0.2) is 48.5 Å². The maximum atomic E-state index is 2.12. The highest BCUT2D eigenvalue weighted by atomic mass is 13.9. The molecule has 0 aliphatic carbocycles. The molecule has 0 amide bonds. The molecule has 0 aliphatic heterocycles. The van der Waals surface area contributed by atoms with Gasteiger partial charge in [0.2, 0.25) is 0 Å². The highest BCUT2D eigenvalue weighted by molar-refractivity contribution is 5.81. The zero-order valence-corrected chi connectivity index (χ0v) is 6.62. The topological polar surface area (TPSA) is 0 Å². The molecule has 2 aromatic carbocycles. The molecular formula is C11H11. The van der Waals surface area contributed by atoms with Gasteiger partial charge in [-0.2, -0.15) is 0 Å². The van der Waals surface area contributed by atoms with Crippen LogP contribution in [-0.4, -0.2) is 0 Å². The van der Waals surface area contributed by atoms with Crippen molar-refractivity contribution >= 4 is 10.8 Å². The summed E-state index contributed by atoms with van der Waals surface area (Å²) < 4.78 is 0. The molecule has 0 saturated carbocycles. The van der Waals surface area contributed by atoms with Crippen molar-refractivity contribution in [3.05, 3.63) is 56.0 Å². The molecule has 0 bridgehead atoms. The molecule has 0 atom stereocenters. The molecular weight excluding hydrogens is 132 g/mol. The summed E-state index contributed by atoms with van der Waals surface area (Å²) in [6.45, 7) is 0. The standard InChI is InChI=1S/C10H8.CH3/c1-2-6-10-8-4-3-7-9(10)5-1;/h1-8H;1H3. The Morgan fingerprint density at radius 2 is 0.818 bits per heavy atom. The summed E-state index contributed by atoms with van der Waals surface area (Å²) in [7, 11) is 0. The summed E-state index contributed by atoms with van der Waals surface area (Å²) in [5.41, 5.74) is 0. The molecule has 2 aromatic rings. The maximum Gasteiger partial charge on any atom is -0.0184 e. The van der Waals surface area contributed by atoms with E-state index in [9.17, 15) is 0 Å². The lowest BCUT2D eigenvalue weighted by molar-refractivity contribution is 1.75. The van der Waals surface area contributed by atoms with E-state index < -0.39 is 0 Å². The first-order chi connectivity index (χ1) is 4.97. The van der Waals surface area contributed by atoms with Crippen molar-refractivity contribution in [2.75, 3.05) is 0 Å². The van der Waals surface area contributed by atoms with Crippen LogP contribution in [0.5, 0.6) is 0 Å². The van der Waals surface area contributed by atoms with Crippen LogP contribution in [0.3, 0.4) is 0 Å². The van der Waals surface area contributed by atoms with Crippen LogP contribution in [0.25, 0.3) is 10.8 Å². The fourth-order valence-corrected chi connectivity index (χ4v) is 1.13. The Hall–Kier alpha value is -1.30. The van der Waals surface area contributed by atoms with Gasteiger partial charge < -0.3 is 0 Å². The van der Waals surface area contributed by atoms with Gasteiger partial charge in [0.25, 0.3) is 0 Å². The molecule has 2 rings (SSSR count). The molecule has 0 N–H and O–H groups in total. The molecule has 0 nitrogen and oxygen atoms in total. The third-order valence-electron chi connectivity index (χ3n) is 1.66. The minimum absolute atomic E-state index is 0. The summed E-state index contributed by atoms with van der Waals surface area (Å²) in [5.74, 6) is 0. The number of benzene rings is 2. The van der Waals surface area contributed by atoms with Gasteiger partial charge in [0.1, 0.15) is 0 Å². The van der Waals surface area contributed by atoms with E-state index in [-0.39, 0.29) is 7.43 Å². The Labute approximate surface area is 67.5 Å². The number of fused-ring (bicyclic) bond motifs is 1. The first-order valence-electron chi connectivity index (χ1n) is 3.40. The van der Waals surface area contributed by atoms with Crippen LogP contribution in [0.2, 0.25) is 0 Å². The molecule has 0 aromatic heterocycles. The molecule has 0 heterocycles. The van der Waals surface area contributed by atoms with Gasteiger partial charge in [-0.15, -0.1) is 0 Å². The molecule has 0 spiro atoms. The predicted molar refractivity (Wildman–Crippen MR) is 50.4 cm³/mol. The van der Waals surface area contributed by atoms with E-state index in [2.05, 4.69) is 48.5 Å². The average Bonchev–Trinajstić information content (AvgIpc) is 2.05. The molecule has 0 heteroatoms. The minimum Gasteiger partial charge on any atom is -0.0683 e. The second-order valence-corrected chi connectivity index (χ2v) is 2.35. The summed E-state index contributed by atoms with van der Waals surface area (Å²) >= 11 is 0. The van der Waals surface area contributed by atoms with Crippen LogP contribution in [0.1, 0.15) is 0 Å². The summed E-state index contributed by atoms with van der Waals surface area (Å²) in [6.07, 6.45) is 0. The molecule has 0 fully saturated rings. The van der Waals surface area contributed by atoms with Gasteiger partial charge in [0.05, 0.1) is 0 Å². The molecule has 11 heavy (non-hydrogen) atoms. The lowest BCUT2D eigenvalue weighted by Crippen LogP contribution is -1.67. The van der Waals surface area contributed by atoms with Gasteiger partial charge in [-0.05, 0) is 10.8 Å². The molecule has 55 valence electrons. The second-order valence-electron chi connectivity index (χ2n) is 2.35. The van der Waals surface area contributed by atoms with Crippen LogP contribution >= 0.6 is 0 Å². The van der Waals surface area contributed by atoms with E-state index in [1.807, 2.05) is 0 Å². The Morgan fingerprint density at radius 1 is 0.545 bits per heavy atom. The van der Waals surface area contributed by atoms with Gasteiger partial charge in [-0.25, -0.2) is 0 Å². The fraction of sp³-hybridized carbons (Fsp3) is 0. The first-order valence-corrected chi connectivity index (χ1v) is 3.40. The van der Waals surface area contributed by atoms with Gasteiger partial charge in [0.15, 0.2) is 0 Å². The Morgan fingerprint density at radius 3 is 1.09 bits per heavy atom. The summed E-state index contributed by atoms with van der Waals surface area (Å²) in [5, 5.41) is 2.62. The van der Waals surface area contributed by atoms with E-state index in [1.54, 1.807) is 0 Å². The molecule has 0 saturated heterocycles. The van der Waals surface area contributed by atoms with Gasteiger partial charge in [-0.3, -0.25) is 0 Å². The number of hydrogen-bond acceptors (Lipinski definition) is 0. The summed E-state index contributed by atoms with van der Waals surface area (Å²) in [4.78, 5) is 0. The third kappa shape index (κ3) is 1.40. The SMILES string of the molecule is [CH3].c1ccc2ccccc2c1. The van der Waals surface area contributed by atoms with Crippen molar-refractivity contribution in [2.24, 2.45) is 0 Å². The third-order valence-corrected chi connectivity index (χ3v) is 1.66. The highest BCUT2D eigenvalue weighted by Gasteiger charge is 1.85. The van der Waals surface area contributed by atoms with Crippen molar-refractivity contribution in [1.82, 2.24) is 0 Å². The highest BCUT2D eigenvalue weighted by Crippen LogP contribution is 2.11. The van der Waals surface area contributed by atoms with Gasteiger partial charge in [0, 0.05) is 0 Å². The maximum absolute atomic E-state index is 2.12. The average molecular weight is 143 g/mol. The Balaban J connectivity index is 0.000000605. The minimum atomic E-state index is 0. The molecule has 0 unspecified atom stereocenters. The zero-order valence-electron chi connectivity index (χ0n) is 6.62. The Bertz CT molecular complexity index is 271. The normalized spacial score (nSPS) is 9.09. The van der Waals surface area contributed by atoms with Crippen LogP contribution in [0, 0.1) is 7.43 Å². The van der Waals surface area contributed by atoms with E-state index in [1.165, 1.54) is 10.8 Å². The van der Waals surface area contributed by atoms with Gasteiger partial charge in [-0.1, -0.05) is 56.0 Å². The van der Waals surface area contributed by atoms with Crippen LogP contribution in [0.4, 0.5) is 0 Å². The monoisotopic (exact) mass is 143 g/mol.